The number of aromatic amines is 1. The molecule has 0 bridgehead atoms. The summed E-state index contributed by atoms with van der Waals surface area (Å²) in [5.41, 5.74) is 1.71. The molecular weight excluding hydrogens is 216 g/mol. The van der Waals surface area contributed by atoms with E-state index < -0.39 is 0 Å². The summed E-state index contributed by atoms with van der Waals surface area (Å²) in [7, 11) is 0. The third-order valence-electron chi connectivity index (χ3n) is 2.65. The van der Waals surface area contributed by atoms with Gasteiger partial charge in [0.1, 0.15) is 5.52 Å². The molecule has 0 unspecified atom stereocenters. The van der Waals surface area contributed by atoms with Crippen LogP contribution in [0, 0.1) is 10.1 Å². The SMILES string of the molecule is CC/C=C/Cc1cc([N+](=O)[O-])c2[nH]ccc2c1. The molecule has 0 atom stereocenters. The summed E-state index contributed by atoms with van der Waals surface area (Å²) in [6, 6.07) is 5.48. The van der Waals surface area contributed by atoms with E-state index in [1.54, 1.807) is 12.3 Å². The fourth-order valence-electron chi connectivity index (χ4n) is 1.86. The van der Waals surface area contributed by atoms with Crippen LogP contribution in [0.3, 0.4) is 0 Å². The third kappa shape index (κ3) is 2.36. The molecular formula is C13H14N2O2. The molecule has 2 rings (SSSR count). The molecule has 0 fully saturated rings. The lowest BCUT2D eigenvalue weighted by molar-refractivity contribution is -0.383. The number of nitrogens with zero attached hydrogens (tertiary/aromatic N) is 1. The highest BCUT2D eigenvalue weighted by molar-refractivity contribution is 5.88. The first-order valence-corrected chi connectivity index (χ1v) is 5.61. The summed E-state index contributed by atoms with van der Waals surface area (Å²) in [4.78, 5) is 13.5. The number of nitrogens with one attached hydrogen (secondary N) is 1. The number of allylic oxidation sites excluding steroid dienone is 2. The summed E-state index contributed by atoms with van der Waals surface area (Å²) in [5.74, 6) is 0. The quantitative estimate of drug-likeness (QED) is 0.495. The fraction of sp³-hybridized carbons (Fsp3) is 0.231. The van der Waals surface area contributed by atoms with Gasteiger partial charge < -0.3 is 4.98 Å². The maximum atomic E-state index is 11.0. The van der Waals surface area contributed by atoms with Gasteiger partial charge in [-0.05, 0) is 30.5 Å². The monoisotopic (exact) mass is 230 g/mol. The molecule has 2 aromatic rings. The second-order valence-corrected chi connectivity index (χ2v) is 3.90. The molecule has 0 aliphatic rings. The smallest absolute Gasteiger partial charge is 0.293 e. The van der Waals surface area contributed by atoms with E-state index in [-0.39, 0.29) is 10.6 Å². The normalized spacial score (nSPS) is 11.4. The van der Waals surface area contributed by atoms with Gasteiger partial charge in [-0.2, -0.15) is 0 Å². The first kappa shape index (κ1) is 11.4. The van der Waals surface area contributed by atoms with Crippen LogP contribution in [0.5, 0.6) is 0 Å². The molecule has 1 N–H and O–H groups in total. The van der Waals surface area contributed by atoms with Gasteiger partial charge in [0.15, 0.2) is 0 Å². The molecule has 0 saturated heterocycles. The van der Waals surface area contributed by atoms with E-state index in [2.05, 4.69) is 18.0 Å². The molecule has 0 aliphatic carbocycles. The minimum Gasteiger partial charge on any atom is -0.356 e. The molecule has 1 aromatic carbocycles. The number of fused-ring (bicyclic) bond motifs is 1. The van der Waals surface area contributed by atoms with E-state index in [1.165, 1.54) is 0 Å². The first-order valence-electron chi connectivity index (χ1n) is 5.61. The molecule has 0 spiro atoms. The Balaban J connectivity index is 2.44. The molecule has 4 heteroatoms. The Kier molecular flexibility index (Phi) is 3.23. The zero-order valence-corrected chi connectivity index (χ0v) is 9.64. The molecule has 0 aliphatic heterocycles. The van der Waals surface area contributed by atoms with Crippen molar-refractivity contribution in [3.63, 3.8) is 0 Å². The second-order valence-electron chi connectivity index (χ2n) is 3.90. The van der Waals surface area contributed by atoms with Gasteiger partial charge in [0.2, 0.25) is 0 Å². The van der Waals surface area contributed by atoms with E-state index in [9.17, 15) is 10.1 Å². The lowest BCUT2D eigenvalue weighted by Gasteiger charge is -1.99. The van der Waals surface area contributed by atoms with Crippen LogP contribution in [0.25, 0.3) is 10.9 Å². The second kappa shape index (κ2) is 4.82. The highest BCUT2D eigenvalue weighted by Gasteiger charge is 2.13. The van der Waals surface area contributed by atoms with Crippen molar-refractivity contribution < 1.29 is 4.92 Å². The molecule has 0 amide bonds. The lowest BCUT2D eigenvalue weighted by Crippen LogP contribution is -1.92. The summed E-state index contributed by atoms with van der Waals surface area (Å²) >= 11 is 0. The van der Waals surface area contributed by atoms with Gasteiger partial charge >= 0.3 is 0 Å². The maximum absolute atomic E-state index is 11.0. The van der Waals surface area contributed by atoms with Crippen molar-refractivity contribution in [1.82, 2.24) is 4.98 Å². The van der Waals surface area contributed by atoms with Crippen LogP contribution in [-0.2, 0) is 6.42 Å². The molecule has 0 saturated carbocycles. The van der Waals surface area contributed by atoms with Crippen LogP contribution in [0.1, 0.15) is 18.9 Å². The number of hydrogen-bond donors (Lipinski definition) is 1. The molecule has 4 nitrogen and oxygen atoms in total. The molecule has 1 aromatic heterocycles. The number of benzene rings is 1. The highest BCUT2D eigenvalue weighted by Crippen LogP contribution is 2.26. The Labute approximate surface area is 99.1 Å². The minimum absolute atomic E-state index is 0.146. The van der Waals surface area contributed by atoms with Gasteiger partial charge in [-0.25, -0.2) is 0 Å². The van der Waals surface area contributed by atoms with Gasteiger partial charge in [-0.15, -0.1) is 0 Å². The topological polar surface area (TPSA) is 58.9 Å². The van der Waals surface area contributed by atoms with Crippen LogP contribution >= 0.6 is 0 Å². The van der Waals surface area contributed by atoms with Crippen LogP contribution < -0.4 is 0 Å². The molecule has 1 heterocycles. The maximum Gasteiger partial charge on any atom is 0.293 e. The number of H-pyrrole nitrogens is 1. The summed E-state index contributed by atoms with van der Waals surface area (Å²) in [5, 5.41) is 11.9. The van der Waals surface area contributed by atoms with Crippen molar-refractivity contribution in [2.75, 3.05) is 0 Å². The number of rotatable bonds is 4. The number of nitro groups is 1. The lowest BCUT2D eigenvalue weighted by atomic mass is 10.1. The van der Waals surface area contributed by atoms with Gasteiger partial charge in [0, 0.05) is 17.6 Å². The molecule has 88 valence electrons. The molecule has 17 heavy (non-hydrogen) atoms. The van der Waals surface area contributed by atoms with E-state index in [4.69, 9.17) is 0 Å². The Morgan fingerprint density at radius 2 is 2.24 bits per heavy atom. The van der Waals surface area contributed by atoms with Crippen LogP contribution in [0.2, 0.25) is 0 Å². The van der Waals surface area contributed by atoms with E-state index in [0.717, 1.165) is 23.8 Å². The number of aromatic nitrogens is 1. The van der Waals surface area contributed by atoms with Crippen molar-refractivity contribution >= 4 is 16.6 Å². The average Bonchev–Trinajstić information content (AvgIpc) is 2.76. The van der Waals surface area contributed by atoms with Gasteiger partial charge in [-0.3, -0.25) is 10.1 Å². The van der Waals surface area contributed by atoms with Crippen molar-refractivity contribution in [2.24, 2.45) is 0 Å². The average molecular weight is 230 g/mol. The predicted molar refractivity (Wildman–Crippen MR) is 68.1 cm³/mol. The fourth-order valence-corrected chi connectivity index (χ4v) is 1.86. The summed E-state index contributed by atoms with van der Waals surface area (Å²) in [6.45, 7) is 2.06. The Hall–Kier alpha value is -2.10. The molecule has 0 radical (unpaired) electrons. The predicted octanol–water partition coefficient (Wildman–Crippen LogP) is 3.58. The Morgan fingerprint density at radius 3 is 2.94 bits per heavy atom. The van der Waals surface area contributed by atoms with Crippen molar-refractivity contribution in [2.45, 2.75) is 19.8 Å². The number of non-ortho nitro benzene ring substituents is 1. The Morgan fingerprint density at radius 1 is 1.41 bits per heavy atom. The van der Waals surface area contributed by atoms with Crippen LogP contribution in [-0.4, -0.2) is 9.91 Å². The zero-order valence-electron chi connectivity index (χ0n) is 9.64. The largest absolute Gasteiger partial charge is 0.356 e. The van der Waals surface area contributed by atoms with Gasteiger partial charge in [0.05, 0.1) is 4.92 Å². The van der Waals surface area contributed by atoms with E-state index in [0.29, 0.717) is 5.52 Å². The van der Waals surface area contributed by atoms with Gasteiger partial charge in [-0.1, -0.05) is 19.1 Å². The van der Waals surface area contributed by atoms with Crippen LogP contribution in [0.15, 0.2) is 36.5 Å². The Bertz CT molecular complexity index is 570. The van der Waals surface area contributed by atoms with Gasteiger partial charge in [0.25, 0.3) is 5.69 Å². The standard InChI is InChI=1S/C13H14N2O2/c1-2-3-4-5-10-8-11-6-7-14-13(11)12(9-10)15(16)17/h3-4,6-9,14H,2,5H2,1H3/b4-3+. The van der Waals surface area contributed by atoms with Crippen molar-refractivity contribution in [3.8, 4) is 0 Å². The van der Waals surface area contributed by atoms with E-state index in [1.807, 2.05) is 18.2 Å². The number of nitro benzene ring substituents is 1. The number of hydrogen-bond acceptors (Lipinski definition) is 2. The first-order chi connectivity index (χ1) is 8.22. The third-order valence-corrected chi connectivity index (χ3v) is 2.65. The van der Waals surface area contributed by atoms with Crippen LogP contribution in [0.4, 0.5) is 5.69 Å². The highest BCUT2D eigenvalue weighted by atomic mass is 16.6. The minimum atomic E-state index is -0.341. The van der Waals surface area contributed by atoms with Crippen molar-refractivity contribution in [3.05, 3.63) is 52.2 Å². The summed E-state index contributed by atoms with van der Waals surface area (Å²) < 4.78 is 0. The summed E-state index contributed by atoms with van der Waals surface area (Å²) in [6.07, 6.45) is 7.54. The zero-order chi connectivity index (χ0) is 12.3. The van der Waals surface area contributed by atoms with Crippen molar-refractivity contribution in [1.29, 1.82) is 0 Å². The van der Waals surface area contributed by atoms with E-state index >= 15 is 0 Å².